The van der Waals surface area contributed by atoms with Crippen molar-refractivity contribution in [2.45, 2.75) is 0 Å². The van der Waals surface area contributed by atoms with E-state index in [0.29, 0.717) is 17.1 Å². The maximum Gasteiger partial charge on any atom is 0.259 e. The average molecular weight is 383 g/mol. The van der Waals surface area contributed by atoms with Crippen LogP contribution in [0.5, 0.6) is 17.2 Å². The van der Waals surface area contributed by atoms with E-state index >= 15 is 0 Å². The molecule has 2 aromatic rings. The molecule has 0 aliphatic rings. The SMILES string of the molecule is COc1ccccc1/C=C\C(=O)NCC(=O)N/N=C\c1cccc(OC)c1O. The summed E-state index contributed by atoms with van der Waals surface area (Å²) in [5.74, 6) is -0.102. The molecule has 0 bridgehead atoms. The van der Waals surface area contributed by atoms with E-state index in [-0.39, 0.29) is 12.3 Å². The predicted molar refractivity (Wildman–Crippen MR) is 105 cm³/mol. The molecule has 0 aliphatic heterocycles. The van der Waals surface area contributed by atoms with Gasteiger partial charge in [0.25, 0.3) is 5.91 Å². The Hall–Kier alpha value is -3.81. The Bertz CT molecular complexity index is 893. The molecule has 0 heterocycles. The second kappa shape index (κ2) is 10.4. The summed E-state index contributed by atoms with van der Waals surface area (Å²) < 4.78 is 10.2. The number of ether oxygens (including phenoxy) is 2. The number of aromatic hydroxyl groups is 1. The number of nitrogens with one attached hydrogen (secondary N) is 2. The topological polar surface area (TPSA) is 109 Å². The summed E-state index contributed by atoms with van der Waals surface area (Å²) in [5.41, 5.74) is 3.38. The summed E-state index contributed by atoms with van der Waals surface area (Å²) in [4.78, 5) is 23.6. The lowest BCUT2D eigenvalue weighted by Crippen LogP contribution is -2.34. The molecule has 0 aromatic heterocycles. The minimum absolute atomic E-state index is 0.0854. The first-order valence-corrected chi connectivity index (χ1v) is 8.32. The number of para-hydroxylation sites is 2. The first-order valence-electron chi connectivity index (χ1n) is 8.32. The maximum absolute atomic E-state index is 11.8. The number of phenolic OH excluding ortho intramolecular Hbond substituents is 1. The van der Waals surface area contributed by atoms with Gasteiger partial charge in [0.15, 0.2) is 11.5 Å². The van der Waals surface area contributed by atoms with Crippen LogP contribution in [-0.2, 0) is 9.59 Å². The van der Waals surface area contributed by atoms with Gasteiger partial charge in [0.1, 0.15) is 5.75 Å². The monoisotopic (exact) mass is 383 g/mol. The number of hydrazone groups is 1. The Kier molecular flexibility index (Phi) is 7.59. The van der Waals surface area contributed by atoms with Crippen LogP contribution in [0.25, 0.3) is 6.08 Å². The summed E-state index contributed by atoms with van der Waals surface area (Å²) in [6, 6.07) is 12.1. The van der Waals surface area contributed by atoms with Crippen molar-refractivity contribution in [2.24, 2.45) is 5.10 Å². The van der Waals surface area contributed by atoms with Crippen molar-refractivity contribution in [3.05, 3.63) is 59.7 Å². The number of methoxy groups -OCH3 is 2. The zero-order valence-electron chi connectivity index (χ0n) is 15.5. The molecule has 3 N–H and O–H groups in total. The first-order chi connectivity index (χ1) is 13.5. The van der Waals surface area contributed by atoms with E-state index in [1.165, 1.54) is 19.4 Å². The lowest BCUT2D eigenvalue weighted by Gasteiger charge is -2.05. The molecule has 0 saturated heterocycles. The van der Waals surface area contributed by atoms with Crippen molar-refractivity contribution >= 4 is 24.1 Å². The van der Waals surface area contributed by atoms with Crippen molar-refractivity contribution in [1.82, 2.24) is 10.7 Å². The Morgan fingerprint density at radius 2 is 1.71 bits per heavy atom. The van der Waals surface area contributed by atoms with E-state index in [1.54, 1.807) is 43.5 Å². The Morgan fingerprint density at radius 3 is 2.46 bits per heavy atom. The number of rotatable bonds is 8. The molecule has 8 nitrogen and oxygen atoms in total. The van der Waals surface area contributed by atoms with Gasteiger partial charge in [0, 0.05) is 17.2 Å². The molecule has 28 heavy (non-hydrogen) atoms. The first kappa shape index (κ1) is 20.5. The highest BCUT2D eigenvalue weighted by atomic mass is 16.5. The summed E-state index contributed by atoms with van der Waals surface area (Å²) in [6.45, 7) is -0.253. The van der Waals surface area contributed by atoms with E-state index in [4.69, 9.17) is 9.47 Å². The Balaban J connectivity index is 1.82. The normalized spacial score (nSPS) is 10.8. The fourth-order valence-corrected chi connectivity index (χ4v) is 2.22. The number of nitrogens with zero attached hydrogens (tertiary/aromatic N) is 1. The lowest BCUT2D eigenvalue weighted by molar-refractivity contribution is -0.123. The van der Waals surface area contributed by atoms with E-state index in [0.717, 1.165) is 5.56 Å². The summed E-state index contributed by atoms with van der Waals surface area (Å²) in [5, 5.41) is 16.1. The van der Waals surface area contributed by atoms with Crippen molar-refractivity contribution in [2.75, 3.05) is 20.8 Å². The van der Waals surface area contributed by atoms with Gasteiger partial charge in [-0.25, -0.2) is 5.43 Å². The van der Waals surface area contributed by atoms with Gasteiger partial charge in [-0.1, -0.05) is 24.3 Å². The summed E-state index contributed by atoms with van der Waals surface area (Å²) in [6.07, 6.45) is 4.18. The molecule has 146 valence electrons. The van der Waals surface area contributed by atoms with E-state index in [2.05, 4.69) is 15.8 Å². The molecule has 0 saturated carbocycles. The molecule has 0 aliphatic carbocycles. The van der Waals surface area contributed by atoms with Gasteiger partial charge in [-0.2, -0.15) is 5.10 Å². The highest BCUT2D eigenvalue weighted by molar-refractivity contribution is 5.94. The highest BCUT2D eigenvalue weighted by Gasteiger charge is 2.06. The third-order valence-electron chi connectivity index (χ3n) is 3.62. The molecule has 0 spiro atoms. The molecule has 0 fully saturated rings. The summed E-state index contributed by atoms with van der Waals surface area (Å²) >= 11 is 0. The Morgan fingerprint density at radius 1 is 1.04 bits per heavy atom. The van der Waals surface area contributed by atoms with Crippen molar-refractivity contribution in [1.29, 1.82) is 0 Å². The van der Waals surface area contributed by atoms with Crippen LogP contribution < -0.4 is 20.2 Å². The van der Waals surface area contributed by atoms with Crippen molar-refractivity contribution in [3.8, 4) is 17.2 Å². The smallest absolute Gasteiger partial charge is 0.259 e. The van der Waals surface area contributed by atoms with E-state index < -0.39 is 11.8 Å². The molecule has 8 heteroatoms. The molecule has 0 unspecified atom stereocenters. The molecule has 2 amide bonds. The lowest BCUT2D eigenvalue weighted by atomic mass is 10.2. The van der Waals surface area contributed by atoms with Crippen LogP contribution in [-0.4, -0.2) is 43.9 Å². The van der Waals surface area contributed by atoms with Crippen LogP contribution >= 0.6 is 0 Å². The fourth-order valence-electron chi connectivity index (χ4n) is 2.22. The number of amides is 2. The predicted octanol–water partition coefficient (Wildman–Crippen LogP) is 1.69. The number of hydrogen-bond donors (Lipinski definition) is 3. The largest absolute Gasteiger partial charge is 0.504 e. The third-order valence-corrected chi connectivity index (χ3v) is 3.62. The van der Waals surface area contributed by atoms with Gasteiger partial charge in [-0.15, -0.1) is 0 Å². The molecule has 0 atom stereocenters. The number of carbonyl (C=O) groups excluding carboxylic acids is 2. The van der Waals surface area contributed by atoms with E-state index in [1.807, 2.05) is 12.1 Å². The molecule has 0 radical (unpaired) electrons. The molecule has 2 aromatic carbocycles. The second-order valence-electron chi connectivity index (χ2n) is 5.48. The van der Waals surface area contributed by atoms with E-state index in [9.17, 15) is 14.7 Å². The minimum atomic E-state index is -0.516. The third kappa shape index (κ3) is 5.87. The van der Waals surface area contributed by atoms with Gasteiger partial charge in [0.2, 0.25) is 5.91 Å². The van der Waals surface area contributed by atoms with Crippen LogP contribution in [0.2, 0.25) is 0 Å². The summed E-state index contributed by atoms with van der Waals surface area (Å²) in [7, 11) is 2.98. The van der Waals surface area contributed by atoms with Crippen LogP contribution in [0.1, 0.15) is 11.1 Å². The van der Waals surface area contributed by atoms with Crippen LogP contribution in [0.3, 0.4) is 0 Å². The number of hydrogen-bond acceptors (Lipinski definition) is 6. The zero-order chi connectivity index (χ0) is 20.4. The highest BCUT2D eigenvalue weighted by Crippen LogP contribution is 2.27. The number of carbonyl (C=O) groups is 2. The maximum atomic E-state index is 11.8. The molecular formula is C20H21N3O5. The quantitative estimate of drug-likeness (QED) is 0.365. The number of benzene rings is 2. The standard InChI is InChI=1S/C20H21N3O5/c1-27-16-8-4-3-6-14(16)10-11-18(24)21-13-19(25)23-22-12-15-7-5-9-17(28-2)20(15)26/h3-12,26H,13H2,1-2H3,(H,21,24)(H,23,25)/b11-10-,22-12-. The van der Waals surface area contributed by atoms with Gasteiger partial charge in [-0.3, -0.25) is 9.59 Å². The van der Waals surface area contributed by atoms with Crippen molar-refractivity contribution in [3.63, 3.8) is 0 Å². The van der Waals surface area contributed by atoms with Crippen LogP contribution in [0.4, 0.5) is 0 Å². The molecule has 2 rings (SSSR count). The fraction of sp³-hybridized carbons (Fsp3) is 0.150. The Labute approximate surface area is 162 Å². The number of phenols is 1. The zero-order valence-corrected chi connectivity index (χ0v) is 15.5. The molecular weight excluding hydrogens is 362 g/mol. The van der Waals surface area contributed by atoms with Crippen LogP contribution in [0.15, 0.2) is 53.6 Å². The minimum Gasteiger partial charge on any atom is -0.504 e. The van der Waals surface area contributed by atoms with Crippen molar-refractivity contribution < 1.29 is 24.2 Å². The average Bonchev–Trinajstić information content (AvgIpc) is 2.72. The van der Waals surface area contributed by atoms with Gasteiger partial charge < -0.3 is 19.9 Å². The van der Waals surface area contributed by atoms with Gasteiger partial charge >= 0.3 is 0 Å². The van der Waals surface area contributed by atoms with Crippen LogP contribution in [0, 0.1) is 0 Å². The van der Waals surface area contributed by atoms with Gasteiger partial charge in [0.05, 0.1) is 27.0 Å². The second-order valence-corrected chi connectivity index (χ2v) is 5.48. The van der Waals surface area contributed by atoms with Gasteiger partial charge in [-0.05, 0) is 24.3 Å².